The number of carbonyl (C=O) groups is 1. The molecule has 2 N–H and O–H groups in total. The number of primary amides is 1. The summed E-state index contributed by atoms with van der Waals surface area (Å²) in [7, 11) is 0. The van der Waals surface area contributed by atoms with Gasteiger partial charge in [-0.05, 0) is 6.42 Å². The third kappa shape index (κ3) is 1.55. The Balaban J connectivity index is 2.16. The van der Waals surface area contributed by atoms with Crippen LogP contribution in [-0.4, -0.2) is 28.9 Å². The Morgan fingerprint density at radius 3 is 3.15 bits per heavy atom. The van der Waals surface area contributed by atoms with Crippen LogP contribution in [0.4, 0.5) is 0 Å². The number of nitrogens with zero attached hydrogens (tertiary/aromatic N) is 2. The van der Waals surface area contributed by atoms with Crippen LogP contribution in [0.3, 0.4) is 0 Å². The first-order valence-corrected chi connectivity index (χ1v) is 4.19. The van der Waals surface area contributed by atoms with E-state index in [0.717, 1.165) is 13.0 Å². The molecule has 0 spiro atoms. The van der Waals surface area contributed by atoms with E-state index in [2.05, 4.69) is 5.10 Å². The van der Waals surface area contributed by atoms with E-state index in [9.17, 15) is 4.79 Å². The number of ether oxygens (including phenoxy) is 1. The first-order chi connectivity index (χ1) is 6.27. The Morgan fingerprint density at radius 1 is 1.77 bits per heavy atom. The third-order valence-corrected chi connectivity index (χ3v) is 2.17. The lowest BCUT2D eigenvalue weighted by Gasteiger charge is -2.06. The van der Waals surface area contributed by atoms with Gasteiger partial charge in [-0.25, -0.2) is 0 Å². The summed E-state index contributed by atoms with van der Waals surface area (Å²) in [6, 6.07) is 0.257. The molecule has 1 aliphatic heterocycles. The largest absolute Gasteiger partial charge is 0.379 e. The van der Waals surface area contributed by atoms with Gasteiger partial charge in [0.1, 0.15) is 0 Å². The second kappa shape index (κ2) is 3.18. The quantitative estimate of drug-likeness (QED) is 0.695. The molecule has 0 radical (unpaired) electrons. The van der Waals surface area contributed by atoms with Crippen molar-refractivity contribution in [1.82, 2.24) is 9.78 Å². The highest BCUT2D eigenvalue weighted by Crippen LogP contribution is 2.17. The van der Waals surface area contributed by atoms with E-state index < -0.39 is 5.91 Å². The minimum absolute atomic E-state index is 0.257. The highest BCUT2D eigenvalue weighted by atomic mass is 16.5. The Hall–Kier alpha value is -1.36. The summed E-state index contributed by atoms with van der Waals surface area (Å²) < 4.78 is 6.95. The first kappa shape index (κ1) is 8.25. The maximum Gasteiger partial charge on any atom is 0.251 e. The second-order valence-electron chi connectivity index (χ2n) is 3.09. The molecule has 0 bridgehead atoms. The Labute approximate surface area is 75.5 Å². The van der Waals surface area contributed by atoms with E-state index in [1.165, 1.54) is 6.20 Å². The molecular formula is C8H11N3O2. The number of hydrogen-bond donors (Lipinski definition) is 1. The number of nitrogens with two attached hydrogens (primary N) is 1. The van der Waals surface area contributed by atoms with E-state index in [-0.39, 0.29) is 6.04 Å². The molecule has 0 saturated carbocycles. The van der Waals surface area contributed by atoms with Crippen molar-refractivity contribution in [3.05, 3.63) is 18.0 Å². The molecule has 5 heteroatoms. The van der Waals surface area contributed by atoms with Gasteiger partial charge in [0.2, 0.25) is 0 Å². The van der Waals surface area contributed by atoms with Gasteiger partial charge in [-0.1, -0.05) is 0 Å². The first-order valence-electron chi connectivity index (χ1n) is 4.19. The molecule has 1 aromatic heterocycles. The summed E-state index contributed by atoms with van der Waals surface area (Å²) in [5.74, 6) is -0.440. The topological polar surface area (TPSA) is 70.1 Å². The standard InChI is InChI=1S/C8H11N3O2/c9-8(12)6-3-10-11(4-6)7-1-2-13-5-7/h3-4,7H,1-2,5H2,(H2,9,12)/t7-/m1/s1. The van der Waals surface area contributed by atoms with E-state index >= 15 is 0 Å². The van der Waals surface area contributed by atoms with Gasteiger partial charge in [-0.2, -0.15) is 5.10 Å². The zero-order valence-electron chi connectivity index (χ0n) is 7.14. The monoisotopic (exact) mass is 181 g/mol. The van der Waals surface area contributed by atoms with E-state index in [1.807, 2.05) is 0 Å². The molecule has 1 amide bonds. The Kier molecular flexibility index (Phi) is 2.02. The lowest BCUT2D eigenvalue weighted by atomic mass is 10.3. The molecule has 70 valence electrons. The van der Waals surface area contributed by atoms with Crippen molar-refractivity contribution in [3.63, 3.8) is 0 Å². The summed E-state index contributed by atoms with van der Waals surface area (Å²) >= 11 is 0. The van der Waals surface area contributed by atoms with Crippen LogP contribution < -0.4 is 5.73 Å². The average Bonchev–Trinajstić information content (AvgIpc) is 2.75. The van der Waals surface area contributed by atoms with Crippen molar-refractivity contribution in [1.29, 1.82) is 0 Å². The van der Waals surface area contributed by atoms with Gasteiger partial charge >= 0.3 is 0 Å². The Bertz CT molecular complexity index is 315. The highest BCUT2D eigenvalue weighted by Gasteiger charge is 2.18. The minimum atomic E-state index is -0.440. The van der Waals surface area contributed by atoms with E-state index in [0.29, 0.717) is 12.2 Å². The molecule has 1 aliphatic rings. The molecule has 2 rings (SSSR count). The van der Waals surface area contributed by atoms with Crippen molar-refractivity contribution < 1.29 is 9.53 Å². The fourth-order valence-corrected chi connectivity index (χ4v) is 1.40. The van der Waals surface area contributed by atoms with Crippen LogP contribution in [0.15, 0.2) is 12.4 Å². The zero-order chi connectivity index (χ0) is 9.26. The van der Waals surface area contributed by atoms with Crippen molar-refractivity contribution in [2.24, 2.45) is 5.73 Å². The molecule has 1 saturated heterocycles. The number of aromatic nitrogens is 2. The molecule has 1 atom stereocenters. The summed E-state index contributed by atoms with van der Waals surface area (Å²) in [5, 5.41) is 4.06. The molecule has 0 unspecified atom stereocenters. The van der Waals surface area contributed by atoms with Crippen LogP contribution in [-0.2, 0) is 4.74 Å². The normalized spacial score (nSPS) is 22.0. The number of amides is 1. The predicted molar refractivity (Wildman–Crippen MR) is 45.2 cm³/mol. The van der Waals surface area contributed by atoms with Gasteiger partial charge in [0.25, 0.3) is 5.91 Å². The predicted octanol–water partition coefficient (Wildman–Crippen LogP) is -0.0566. The Morgan fingerprint density at radius 2 is 2.62 bits per heavy atom. The molecular weight excluding hydrogens is 170 g/mol. The summed E-state index contributed by atoms with van der Waals surface area (Å²) in [6.07, 6.45) is 4.10. The van der Waals surface area contributed by atoms with Crippen LogP contribution in [0.25, 0.3) is 0 Å². The summed E-state index contributed by atoms with van der Waals surface area (Å²) in [4.78, 5) is 10.8. The van der Waals surface area contributed by atoms with Gasteiger partial charge in [-0.3, -0.25) is 9.48 Å². The minimum Gasteiger partial charge on any atom is -0.379 e. The number of carbonyl (C=O) groups excluding carboxylic acids is 1. The van der Waals surface area contributed by atoms with Crippen molar-refractivity contribution >= 4 is 5.91 Å². The van der Waals surface area contributed by atoms with Crippen LogP contribution >= 0.6 is 0 Å². The molecule has 1 aromatic rings. The molecule has 1 fully saturated rings. The number of hydrogen-bond acceptors (Lipinski definition) is 3. The average molecular weight is 181 g/mol. The zero-order valence-corrected chi connectivity index (χ0v) is 7.14. The maximum absolute atomic E-state index is 10.8. The fraction of sp³-hybridized carbons (Fsp3) is 0.500. The highest BCUT2D eigenvalue weighted by molar-refractivity contribution is 5.92. The molecule has 2 heterocycles. The summed E-state index contributed by atoms with van der Waals surface area (Å²) in [6.45, 7) is 1.43. The van der Waals surface area contributed by atoms with Gasteiger partial charge in [0.05, 0.1) is 24.4 Å². The van der Waals surface area contributed by atoms with Crippen molar-refractivity contribution in [2.45, 2.75) is 12.5 Å². The fourth-order valence-electron chi connectivity index (χ4n) is 1.40. The van der Waals surface area contributed by atoms with Crippen LogP contribution in [0.2, 0.25) is 0 Å². The van der Waals surface area contributed by atoms with E-state index in [4.69, 9.17) is 10.5 Å². The third-order valence-electron chi connectivity index (χ3n) is 2.17. The van der Waals surface area contributed by atoms with Gasteiger partial charge in [0, 0.05) is 12.8 Å². The van der Waals surface area contributed by atoms with Crippen LogP contribution in [0.1, 0.15) is 22.8 Å². The summed E-state index contributed by atoms with van der Waals surface area (Å²) in [5.41, 5.74) is 5.55. The van der Waals surface area contributed by atoms with Crippen molar-refractivity contribution in [3.8, 4) is 0 Å². The SMILES string of the molecule is NC(=O)c1cnn([C@@H]2CCOC2)c1. The van der Waals surface area contributed by atoms with Gasteiger partial charge in [0.15, 0.2) is 0 Å². The van der Waals surface area contributed by atoms with Crippen LogP contribution in [0, 0.1) is 0 Å². The molecule has 5 nitrogen and oxygen atoms in total. The molecule has 13 heavy (non-hydrogen) atoms. The van der Waals surface area contributed by atoms with Crippen LogP contribution in [0.5, 0.6) is 0 Å². The smallest absolute Gasteiger partial charge is 0.251 e. The maximum atomic E-state index is 10.8. The lowest BCUT2D eigenvalue weighted by molar-refractivity contribution is 0.1000. The van der Waals surface area contributed by atoms with Gasteiger partial charge < -0.3 is 10.5 Å². The second-order valence-corrected chi connectivity index (χ2v) is 3.09. The van der Waals surface area contributed by atoms with Crippen molar-refractivity contribution in [2.75, 3.05) is 13.2 Å². The molecule has 0 aliphatic carbocycles. The number of rotatable bonds is 2. The van der Waals surface area contributed by atoms with Gasteiger partial charge in [-0.15, -0.1) is 0 Å². The lowest BCUT2D eigenvalue weighted by Crippen LogP contribution is -2.11. The molecule has 0 aromatic carbocycles. The van der Waals surface area contributed by atoms with E-state index in [1.54, 1.807) is 10.9 Å².